The van der Waals surface area contributed by atoms with Crippen LogP contribution in [0.3, 0.4) is 0 Å². The van der Waals surface area contributed by atoms with Gasteiger partial charge in [0, 0.05) is 23.4 Å². The van der Waals surface area contributed by atoms with Gasteiger partial charge in [0.25, 0.3) is 0 Å². The molecule has 1 aliphatic carbocycles. The monoisotopic (exact) mass is 424 g/mol. The van der Waals surface area contributed by atoms with E-state index >= 15 is 0 Å². The van der Waals surface area contributed by atoms with Crippen LogP contribution in [0.25, 0.3) is 0 Å². The summed E-state index contributed by atoms with van der Waals surface area (Å²) in [4.78, 5) is 14.6. The molecule has 9 heteroatoms. The Hall–Kier alpha value is -3.35. The van der Waals surface area contributed by atoms with Crippen molar-refractivity contribution >= 4 is 21.5 Å². The molecule has 0 amide bonds. The number of aryl methyl sites for hydroxylation is 1. The van der Waals surface area contributed by atoms with E-state index in [2.05, 4.69) is 6.07 Å². The van der Waals surface area contributed by atoms with Crippen molar-refractivity contribution < 1.29 is 17.6 Å². The summed E-state index contributed by atoms with van der Waals surface area (Å²) in [6, 6.07) is 9.81. The average molecular weight is 424 g/mol. The molecule has 1 aliphatic heterocycles. The number of primary sulfonamides is 1. The highest BCUT2D eigenvalue weighted by Crippen LogP contribution is 2.47. The van der Waals surface area contributed by atoms with Crippen LogP contribution in [-0.2, 0) is 14.8 Å². The molecule has 0 saturated heterocycles. The Kier molecular flexibility index (Phi) is 4.76. The highest BCUT2D eigenvalue weighted by molar-refractivity contribution is 7.89. The van der Waals surface area contributed by atoms with Gasteiger partial charge in [0.05, 0.1) is 28.7 Å². The molecule has 1 unspecified atom stereocenters. The summed E-state index contributed by atoms with van der Waals surface area (Å²) in [5.41, 5.74) is 9.24. The Balaban J connectivity index is 1.93. The van der Waals surface area contributed by atoms with E-state index in [4.69, 9.17) is 15.3 Å². The standard InChI is InChI=1S/C21H20N4O4S/c1-12-9-10-29-20(12)18-15(11-22)21(23)25(16-3-2-4-17(26)19(16)18)13-5-7-14(8-6-13)30(24,27)28/h5-10,18H,2-4,23H2,1H3,(H2,24,27,28). The van der Waals surface area contributed by atoms with Crippen molar-refractivity contribution in [3.63, 3.8) is 0 Å². The van der Waals surface area contributed by atoms with Crippen molar-refractivity contribution in [2.24, 2.45) is 10.9 Å². The molecule has 0 saturated carbocycles. The Morgan fingerprint density at radius 2 is 1.90 bits per heavy atom. The van der Waals surface area contributed by atoms with Crippen LogP contribution in [-0.4, -0.2) is 14.2 Å². The summed E-state index contributed by atoms with van der Waals surface area (Å²) in [7, 11) is -3.85. The van der Waals surface area contributed by atoms with Crippen LogP contribution in [0.2, 0.25) is 0 Å². The second-order valence-electron chi connectivity index (χ2n) is 7.32. The molecule has 4 N–H and O–H groups in total. The van der Waals surface area contributed by atoms with Gasteiger partial charge in [-0.15, -0.1) is 0 Å². The van der Waals surface area contributed by atoms with E-state index in [9.17, 15) is 18.5 Å². The van der Waals surface area contributed by atoms with Gasteiger partial charge in [-0.05, 0) is 55.7 Å². The molecule has 4 rings (SSSR count). The molecule has 154 valence electrons. The van der Waals surface area contributed by atoms with E-state index in [1.165, 1.54) is 18.4 Å². The van der Waals surface area contributed by atoms with Crippen LogP contribution in [0.15, 0.2) is 68.6 Å². The molecular formula is C21H20N4O4S. The molecule has 2 aliphatic rings. The first-order valence-corrected chi connectivity index (χ1v) is 10.9. The SMILES string of the molecule is Cc1ccoc1C1C(C#N)=C(N)N(c2ccc(S(N)(=O)=O)cc2)C2=C1C(=O)CCC2. The fraction of sp³-hybridized carbons (Fsp3) is 0.238. The molecule has 8 nitrogen and oxygen atoms in total. The fourth-order valence-corrected chi connectivity index (χ4v) is 4.62. The van der Waals surface area contributed by atoms with Crippen LogP contribution in [0.1, 0.15) is 36.5 Å². The number of nitriles is 1. The van der Waals surface area contributed by atoms with E-state index in [1.54, 1.807) is 23.1 Å². The maximum Gasteiger partial charge on any atom is 0.238 e. The molecule has 1 atom stereocenters. The molecule has 1 aromatic carbocycles. The minimum absolute atomic E-state index is 0.0377. The van der Waals surface area contributed by atoms with E-state index < -0.39 is 15.9 Å². The van der Waals surface area contributed by atoms with Gasteiger partial charge in [0.15, 0.2) is 5.78 Å². The van der Waals surface area contributed by atoms with Crippen LogP contribution in [0.4, 0.5) is 5.69 Å². The summed E-state index contributed by atoms with van der Waals surface area (Å²) < 4.78 is 28.8. The van der Waals surface area contributed by atoms with Crippen molar-refractivity contribution in [3.8, 4) is 6.07 Å². The average Bonchev–Trinajstić information content (AvgIpc) is 3.12. The molecule has 0 radical (unpaired) electrons. The number of anilines is 1. The first-order chi connectivity index (χ1) is 14.2. The molecule has 2 aromatic rings. The van der Waals surface area contributed by atoms with E-state index in [0.29, 0.717) is 42.0 Å². The molecule has 0 fully saturated rings. The largest absolute Gasteiger partial charge is 0.468 e. The lowest BCUT2D eigenvalue weighted by atomic mass is 9.77. The number of furan rings is 1. The second-order valence-corrected chi connectivity index (χ2v) is 8.88. The van der Waals surface area contributed by atoms with Crippen LogP contribution < -0.4 is 15.8 Å². The highest BCUT2D eigenvalue weighted by Gasteiger charge is 2.42. The fourth-order valence-electron chi connectivity index (χ4n) is 4.11. The lowest BCUT2D eigenvalue weighted by Crippen LogP contribution is -2.38. The minimum atomic E-state index is -3.85. The second kappa shape index (κ2) is 7.16. The smallest absolute Gasteiger partial charge is 0.238 e. The van der Waals surface area contributed by atoms with Crippen molar-refractivity contribution in [3.05, 3.63) is 70.6 Å². The number of carbonyl (C=O) groups excluding carboxylic acids is 1. The minimum Gasteiger partial charge on any atom is -0.468 e. The van der Waals surface area contributed by atoms with E-state index in [0.717, 1.165) is 5.56 Å². The van der Waals surface area contributed by atoms with Gasteiger partial charge in [-0.2, -0.15) is 5.26 Å². The summed E-state index contributed by atoms with van der Waals surface area (Å²) in [6.45, 7) is 1.86. The maximum atomic E-state index is 13.0. The van der Waals surface area contributed by atoms with Crippen LogP contribution >= 0.6 is 0 Å². The van der Waals surface area contributed by atoms with Gasteiger partial charge in [0.2, 0.25) is 10.0 Å². The third kappa shape index (κ3) is 3.10. The Morgan fingerprint density at radius 3 is 2.47 bits per heavy atom. The predicted octanol–water partition coefficient (Wildman–Crippen LogP) is 2.54. The summed E-state index contributed by atoms with van der Waals surface area (Å²) >= 11 is 0. The number of carbonyl (C=O) groups is 1. The third-order valence-electron chi connectivity index (χ3n) is 5.50. The number of benzene rings is 1. The molecule has 30 heavy (non-hydrogen) atoms. The normalized spacial score (nSPS) is 19.7. The first kappa shape index (κ1) is 19.9. The predicted molar refractivity (Wildman–Crippen MR) is 109 cm³/mol. The van der Waals surface area contributed by atoms with Gasteiger partial charge in [-0.3, -0.25) is 9.69 Å². The Labute approximate surface area is 174 Å². The molecular weight excluding hydrogens is 404 g/mol. The van der Waals surface area contributed by atoms with Crippen molar-refractivity contribution in [2.75, 3.05) is 4.90 Å². The molecule has 0 spiro atoms. The first-order valence-electron chi connectivity index (χ1n) is 9.37. The van der Waals surface area contributed by atoms with Crippen molar-refractivity contribution in [1.29, 1.82) is 5.26 Å². The van der Waals surface area contributed by atoms with Gasteiger partial charge in [0.1, 0.15) is 11.6 Å². The van der Waals surface area contributed by atoms with E-state index in [-0.39, 0.29) is 22.1 Å². The van der Waals surface area contributed by atoms with Gasteiger partial charge < -0.3 is 10.2 Å². The maximum absolute atomic E-state index is 13.0. The highest BCUT2D eigenvalue weighted by atomic mass is 32.2. The number of nitrogens with zero attached hydrogens (tertiary/aromatic N) is 2. The zero-order chi connectivity index (χ0) is 21.6. The lowest BCUT2D eigenvalue weighted by Gasteiger charge is -2.39. The summed E-state index contributed by atoms with van der Waals surface area (Å²) in [6.07, 6.45) is 3.16. The van der Waals surface area contributed by atoms with Crippen LogP contribution in [0, 0.1) is 18.3 Å². The quantitative estimate of drug-likeness (QED) is 0.770. The zero-order valence-electron chi connectivity index (χ0n) is 16.3. The Bertz CT molecular complexity index is 1250. The number of hydrogen-bond acceptors (Lipinski definition) is 7. The molecule has 2 heterocycles. The van der Waals surface area contributed by atoms with E-state index in [1.807, 2.05) is 6.92 Å². The number of ketones is 1. The van der Waals surface area contributed by atoms with Gasteiger partial charge in [-0.25, -0.2) is 13.6 Å². The van der Waals surface area contributed by atoms with Gasteiger partial charge >= 0.3 is 0 Å². The molecule has 1 aromatic heterocycles. The molecule has 0 bridgehead atoms. The zero-order valence-corrected chi connectivity index (χ0v) is 17.1. The summed E-state index contributed by atoms with van der Waals surface area (Å²) in [5.74, 6) is 0.00720. The third-order valence-corrected chi connectivity index (χ3v) is 6.43. The van der Waals surface area contributed by atoms with Crippen molar-refractivity contribution in [1.82, 2.24) is 0 Å². The number of Topliss-reactive ketones (excluding diaryl/α,β-unsaturated/α-hetero) is 1. The summed E-state index contributed by atoms with van der Waals surface area (Å²) in [5, 5.41) is 15.1. The number of allylic oxidation sites excluding steroid dienone is 3. The Morgan fingerprint density at radius 1 is 1.20 bits per heavy atom. The van der Waals surface area contributed by atoms with Gasteiger partial charge in [-0.1, -0.05) is 0 Å². The topological polar surface area (TPSA) is 143 Å². The van der Waals surface area contributed by atoms with Crippen molar-refractivity contribution in [2.45, 2.75) is 37.0 Å². The number of nitrogens with two attached hydrogens (primary N) is 2. The number of rotatable bonds is 3. The number of sulfonamides is 1. The van der Waals surface area contributed by atoms with Crippen LogP contribution in [0.5, 0.6) is 0 Å². The number of hydrogen-bond donors (Lipinski definition) is 2. The lowest BCUT2D eigenvalue weighted by molar-refractivity contribution is -0.116.